The molecule has 0 saturated carbocycles. The molecule has 1 N–H and O–H groups in total. The van der Waals surface area contributed by atoms with Crippen LogP contribution in [-0.4, -0.2) is 20.9 Å². The SMILES string of the molecule is CC(C)c1cc(-c2nccc3c2CCc2cccnc2-3)[c-]c2ccccc12.CCC(C)(CC)C(=O)/C=C(\O)C(C)(CC)CC.[Ir]. The van der Waals surface area contributed by atoms with Crippen molar-refractivity contribution in [3.63, 3.8) is 0 Å². The van der Waals surface area contributed by atoms with Crippen molar-refractivity contribution >= 4 is 16.6 Å². The van der Waals surface area contributed by atoms with Crippen LogP contribution in [0.2, 0.25) is 0 Å². The summed E-state index contributed by atoms with van der Waals surface area (Å²) in [5.74, 6) is 0.735. The van der Waals surface area contributed by atoms with Gasteiger partial charge in [-0.25, -0.2) is 0 Å². The summed E-state index contributed by atoms with van der Waals surface area (Å²) in [6.45, 7) is 16.6. The molecule has 1 aliphatic carbocycles. The van der Waals surface area contributed by atoms with E-state index in [9.17, 15) is 9.90 Å². The van der Waals surface area contributed by atoms with Crippen LogP contribution in [0.3, 0.4) is 0 Å². The molecular formula is C40H49IrN2O2-. The molecule has 0 spiro atoms. The Hall–Kier alpha value is -3.14. The van der Waals surface area contributed by atoms with E-state index in [0.717, 1.165) is 60.9 Å². The molecule has 2 aromatic carbocycles. The number of nitrogens with zero attached hydrogens (tertiary/aromatic N) is 2. The van der Waals surface area contributed by atoms with Crippen molar-refractivity contribution in [1.29, 1.82) is 0 Å². The second-order valence-electron chi connectivity index (χ2n) is 13.0. The molecule has 241 valence electrons. The van der Waals surface area contributed by atoms with Crippen molar-refractivity contribution < 1.29 is 30.0 Å². The zero-order chi connectivity index (χ0) is 32.1. The molecule has 0 saturated heterocycles. The average molecular weight is 782 g/mol. The van der Waals surface area contributed by atoms with Crippen molar-refractivity contribution in [3.8, 4) is 22.5 Å². The van der Waals surface area contributed by atoms with Crippen LogP contribution in [0.1, 0.15) is 104 Å². The van der Waals surface area contributed by atoms with Gasteiger partial charge < -0.3 is 5.11 Å². The Morgan fingerprint density at radius 3 is 2.18 bits per heavy atom. The van der Waals surface area contributed by atoms with Crippen LogP contribution in [0.5, 0.6) is 0 Å². The third-order valence-electron chi connectivity index (χ3n) is 10.1. The van der Waals surface area contributed by atoms with Crippen LogP contribution in [0.4, 0.5) is 0 Å². The summed E-state index contributed by atoms with van der Waals surface area (Å²) in [4.78, 5) is 21.6. The maximum Gasteiger partial charge on any atom is 0.164 e. The van der Waals surface area contributed by atoms with Gasteiger partial charge in [-0.1, -0.05) is 90.6 Å². The minimum atomic E-state index is -0.337. The van der Waals surface area contributed by atoms with E-state index < -0.39 is 0 Å². The van der Waals surface area contributed by atoms with Gasteiger partial charge in [0.05, 0.1) is 5.69 Å². The maximum absolute atomic E-state index is 12.2. The molecular weight excluding hydrogens is 733 g/mol. The van der Waals surface area contributed by atoms with Gasteiger partial charge in [0.15, 0.2) is 5.78 Å². The Kier molecular flexibility index (Phi) is 12.5. The molecule has 1 aliphatic rings. The molecule has 1 radical (unpaired) electrons. The first kappa shape index (κ1) is 36.3. The zero-order valence-corrected chi connectivity index (χ0v) is 30.6. The molecule has 0 atom stereocenters. The Morgan fingerprint density at radius 1 is 0.889 bits per heavy atom. The fourth-order valence-corrected chi connectivity index (χ4v) is 5.89. The molecule has 0 aliphatic heterocycles. The van der Waals surface area contributed by atoms with Gasteiger partial charge in [-0.2, -0.15) is 0 Å². The number of carbonyl (C=O) groups excluding carboxylic acids is 1. The summed E-state index contributed by atoms with van der Waals surface area (Å²) in [7, 11) is 0. The van der Waals surface area contributed by atoms with Gasteiger partial charge in [0, 0.05) is 55.1 Å². The fourth-order valence-electron chi connectivity index (χ4n) is 5.89. The number of pyridine rings is 2. The molecule has 0 unspecified atom stereocenters. The monoisotopic (exact) mass is 782 g/mol. The van der Waals surface area contributed by atoms with Gasteiger partial charge in [0.1, 0.15) is 5.76 Å². The van der Waals surface area contributed by atoms with Crippen LogP contribution >= 0.6 is 0 Å². The molecule has 4 nitrogen and oxygen atoms in total. The Labute approximate surface area is 284 Å². The second-order valence-corrected chi connectivity index (χ2v) is 13.0. The Bertz CT molecular complexity index is 1650. The minimum Gasteiger partial charge on any atom is -0.512 e. The van der Waals surface area contributed by atoms with E-state index in [0.29, 0.717) is 5.92 Å². The number of aliphatic hydroxyl groups is 1. The van der Waals surface area contributed by atoms with Gasteiger partial charge in [-0.3, -0.25) is 14.8 Å². The van der Waals surface area contributed by atoms with Crippen molar-refractivity contribution in [3.05, 3.63) is 95.5 Å². The first-order valence-corrected chi connectivity index (χ1v) is 16.3. The number of aromatic nitrogens is 2. The predicted octanol–water partition coefficient (Wildman–Crippen LogP) is 10.6. The van der Waals surface area contributed by atoms with E-state index in [1.807, 2.05) is 60.0 Å². The molecule has 5 heteroatoms. The number of aliphatic hydroxyl groups excluding tert-OH is 1. The van der Waals surface area contributed by atoms with Gasteiger partial charge in [-0.05, 0) is 73.3 Å². The molecule has 2 heterocycles. The van der Waals surface area contributed by atoms with Gasteiger partial charge >= 0.3 is 0 Å². The summed E-state index contributed by atoms with van der Waals surface area (Å²) in [5, 5.41) is 12.6. The molecule has 45 heavy (non-hydrogen) atoms. The normalized spacial score (nSPS) is 13.0. The number of fused-ring (bicyclic) bond motifs is 4. The van der Waals surface area contributed by atoms with Crippen LogP contribution in [-0.2, 0) is 37.7 Å². The number of hydrogen-bond acceptors (Lipinski definition) is 4. The summed E-state index contributed by atoms with van der Waals surface area (Å²) >= 11 is 0. The smallest absolute Gasteiger partial charge is 0.164 e. The van der Waals surface area contributed by atoms with Gasteiger partial charge in [0.25, 0.3) is 0 Å². The molecule has 0 bridgehead atoms. The standard InChI is InChI=1S/C25H21N2.C15H28O2.Ir/c1-16(2)23-15-19(14-18-6-3-4-8-20(18)23)25-21-10-9-17-7-5-12-26-24(17)22(21)11-13-27-25;1-7-14(5,8-2)12(16)11-13(17)15(6,9-3)10-4;/h3-8,11-13,15-16H,9-10H2,1-2H3;11,16H,7-10H2,1-6H3;/q-1;;/b;12-11-;. The molecule has 0 fully saturated rings. The zero-order valence-electron chi connectivity index (χ0n) is 28.3. The van der Waals surface area contributed by atoms with Gasteiger partial charge in [-0.15, -0.1) is 29.1 Å². The third kappa shape index (κ3) is 7.64. The quantitative estimate of drug-likeness (QED) is 0.104. The van der Waals surface area contributed by atoms with Crippen molar-refractivity contribution in [2.45, 2.75) is 99.8 Å². The number of ketones is 1. The second kappa shape index (κ2) is 15.4. The minimum absolute atomic E-state index is 0. The maximum atomic E-state index is 12.2. The number of aryl methyl sites for hydroxylation is 1. The number of hydrogen-bond donors (Lipinski definition) is 1. The van der Waals surface area contributed by atoms with Gasteiger partial charge in [0.2, 0.25) is 0 Å². The van der Waals surface area contributed by atoms with Crippen LogP contribution in [0, 0.1) is 16.9 Å². The number of benzene rings is 2. The topological polar surface area (TPSA) is 63.1 Å². The predicted molar refractivity (Wildman–Crippen MR) is 184 cm³/mol. The van der Waals surface area contributed by atoms with E-state index in [4.69, 9.17) is 4.98 Å². The molecule has 5 rings (SSSR count). The van der Waals surface area contributed by atoms with Crippen molar-refractivity contribution in [2.24, 2.45) is 10.8 Å². The summed E-state index contributed by atoms with van der Waals surface area (Å²) in [6.07, 6.45) is 10.6. The van der Waals surface area contributed by atoms with E-state index in [-0.39, 0.29) is 42.5 Å². The first-order chi connectivity index (χ1) is 21.0. The van der Waals surface area contributed by atoms with E-state index in [2.05, 4.69) is 67.4 Å². The summed E-state index contributed by atoms with van der Waals surface area (Å²) < 4.78 is 0. The average Bonchev–Trinajstić information content (AvgIpc) is 3.06. The first-order valence-electron chi connectivity index (χ1n) is 16.3. The third-order valence-corrected chi connectivity index (χ3v) is 10.1. The van der Waals surface area contributed by atoms with Crippen molar-refractivity contribution in [1.82, 2.24) is 9.97 Å². The molecule has 4 aromatic rings. The number of rotatable bonds is 9. The van der Waals surface area contributed by atoms with E-state index in [1.54, 1.807) is 0 Å². The summed E-state index contributed by atoms with van der Waals surface area (Å²) in [6, 6.07) is 20.8. The largest absolute Gasteiger partial charge is 0.512 e. The molecule has 2 aromatic heterocycles. The molecule has 0 amide bonds. The van der Waals surface area contributed by atoms with Crippen LogP contribution < -0.4 is 0 Å². The van der Waals surface area contributed by atoms with Crippen LogP contribution in [0.15, 0.2) is 72.8 Å². The Morgan fingerprint density at radius 2 is 1.53 bits per heavy atom. The van der Waals surface area contributed by atoms with Crippen LogP contribution in [0.25, 0.3) is 33.3 Å². The van der Waals surface area contributed by atoms with E-state index in [1.165, 1.54) is 33.7 Å². The number of allylic oxidation sites excluding steroid dienone is 2. The van der Waals surface area contributed by atoms with E-state index >= 15 is 0 Å². The summed E-state index contributed by atoms with van der Waals surface area (Å²) in [5.41, 5.74) is 7.84. The fraction of sp³-hybridized carbons (Fsp3) is 0.425. The number of carbonyl (C=O) groups is 1. The van der Waals surface area contributed by atoms with Crippen molar-refractivity contribution in [2.75, 3.05) is 0 Å². The Balaban J connectivity index is 0.000000270.